The van der Waals surface area contributed by atoms with E-state index in [1.807, 2.05) is 186 Å². The van der Waals surface area contributed by atoms with Gasteiger partial charge in [0.25, 0.3) is 0 Å². The average molecular weight is 1960 g/mol. The maximum Gasteiger partial charge on any atom is 0.216 e. The lowest BCUT2D eigenvalue weighted by Crippen LogP contribution is -2.35. The molecule has 0 aliphatic heterocycles. The van der Waals surface area contributed by atoms with Gasteiger partial charge in [-0.05, 0) is 151 Å². The van der Waals surface area contributed by atoms with Gasteiger partial charge in [-0.2, -0.15) is 22.8 Å². The number of hydrogen-bond acceptors (Lipinski definition) is 5. The number of rotatable bonds is 13. The molecule has 10 aromatic carbocycles. The SMILES string of the molecule is [2H]C(C)(C)c1cc(C)[n+](C)c(-c2c(C)ccc3c2oc2c(C([2H])(C)C([2H])([2H])[2H])c([N+]#[C-])ccc23)c1.[2H]C([2H])([2H])C([2H])(C)c1c([N+]#[C-])ccc2c1oc1c(-c3cc(C)cc(C)[n+]3C)c(C)ccc12.[2H]C([2H])([2H])C([2H])(C)c1cc(C)[n+](C)c(-c2c(C)ccc3c2oc2c(C([2H])(C)C([2H])([2H])[2H])c([N+]#[C-])ccc23)c1.[2H]c1c(C([2H])(C)C)c([2H])c(-c2c(C)ccc3c2oc2c(C([2H])(C)C([2H])([2H])[2H])c([N+]#[C-])ccc23)[n+](C)c1C.[2H]c1c(C)c([2H])c(-c2c(C)ccc3c2oc2c(C([2H])(C)C([2H])([2H])[2H])c([N+]#[C-])ccc23)[n+](C)c1C. The predicted octanol–water partition coefficient (Wildman–Crippen LogP) is 35.8. The van der Waals surface area contributed by atoms with Gasteiger partial charge in [0, 0.05) is 213 Å². The van der Waals surface area contributed by atoms with E-state index < -0.39 is 88.3 Å². The normalized spacial score (nSPS) is 17.7. The largest absolute Gasteiger partial charge is 0.456 e. The standard InChI is InChI=1S/3C27H29N2O.2C25H25N2O/c3*1-15(2)19-13-18(6)29(8)23(14-19)25-17(5)9-10-20-21-11-12-22(28-7)24(16(3)4)26(21)30-27(20)25;2*1-14(2)22-20(26-6)11-10-19-18-9-8-16(4)23(25(18)28-24(19)22)21-13-15(3)12-17(5)27(21)7/h3*9-16H,1-6,8H3;2*8-14H,1-5,7H3/q5*+1/i3D3,13D,14D,15D,16D;1D3,3D3,15D,16D;3D3,15D,16D;1D3,12D,13D,14D;1D3,14D. The van der Waals surface area contributed by atoms with Crippen molar-refractivity contribution in [1.82, 2.24) is 0 Å². The Kier molecular flexibility index (Phi) is 19.9. The highest BCUT2D eigenvalue weighted by atomic mass is 16.3. The molecule has 20 rings (SSSR count). The van der Waals surface area contributed by atoms with E-state index in [4.69, 9.17) is 96.1 Å². The molecule has 146 heavy (non-hydrogen) atoms. The van der Waals surface area contributed by atoms with E-state index in [1.165, 1.54) is 59.7 Å². The average Bonchev–Trinajstić information content (AvgIpc) is 1.58. The molecular formula is C131H137N10O5+5. The zero-order chi connectivity index (χ0) is 131. The van der Waals surface area contributed by atoms with Crippen LogP contribution in [0.3, 0.4) is 0 Å². The van der Waals surface area contributed by atoms with Crippen molar-refractivity contribution in [1.29, 1.82) is 0 Å². The van der Waals surface area contributed by atoms with E-state index in [-0.39, 0.29) is 96.7 Å². The van der Waals surface area contributed by atoms with Crippen molar-refractivity contribution in [2.45, 2.75) is 241 Å². The van der Waals surface area contributed by atoms with Gasteiger partial charge in [0.05, 0.1) is 66.2 Å². The van der Waals surface area contributed by atoms with Crippen molar-refractivity contribution in [3.63, 3.8) is 0 Å². The second kappa shape index (κ2) is 40.9. The minimum absolute atomic E-state index is 0.000227. The van der Waals surface area contributed by atoms with Gasteiger partial charge in [0.1, 0.15) is 91.1 Å². The van der Waals surface area contributed by atoms with Gasteiger partial charge >= 0.3 is 0 Å². The molecule has 6 atom stereocenters. The van der Waals surface area contributed by atoms with E-state index in [9.17, 15) is 0 Å². The molecule has 0 saturated carbocycles. The quantitative estimate of drug-likeness (QED) is 0.0844. The monoisotopic (exact) mass is 1960 g/mol. The molecule has 6 unspecified atom stereocenters. The molecule has 15 nitrogen and oxygen atoms in total. The van der Waals surface area contributed by atoms with Gasteiger partial charge in [-0.1, -0.05) is 232 Å². The smallest absolute Gasteiger partial charge is 0.216 e. The summed E-state index contributed by atoms with van der Waals surface area (Å²) in [6.07, 6.45) is 0. The first-order chi connectivity index (χ1) is 81.0. The number of aromatic nitrogens is 5. The third kappa shape index (κ3) is 18.4. The Morgan fingerprint density at radius 3 is 0.726 bits per heavy atom. The molecule has 0 bridgehead atoms. The number of hydrogen-bond donors (Lipinski definition) is 0. The molecule has 0 fully saturated rings. The topological polar surface area (TPSA) is 107 Å². The van der Waals surface area contributed by atoms with Crippen LogP contribution in [0.15, 0.2) is 204 Å². The Labute approximate surface area is 903 Å². The van der Waals surface area contributed by atoms with Gasteiger partial charge in [0.15, 0.2) is 56.9 Å². The van der Waals surface area contributed by atoms with E-state index >= 15 is 0 Å². The maximum atomic E-state index is 9.07. The summed E-state index contributed by atoms with van der Waals surface area (Å²) in [5, 5.41) is 6.80. The number of fused-ring (bicyclic) bond motifs is 15. The van der Waals surface area contributed by atoms with Crippen LogP contribution >= 0.6 is 0 Å². The highest BCUT2D eigenvalue weighted by molar-refractivity contribution is 6.16. The Hall–Kier alpha value is -15.6. The van der Waals surface area contributed by atoms with Crippen LogP contribution in [-0.4, -0.2) is 0 Å². The summed E-state index contributed by atoms with van der Waals surface area (Å²) in [6, 6.07) is 47.9. The summed E-state index contributed by atoms with van der Waals surface area (Å²) in [4.78, 5) is 17.5. The molecule has 20 aromatic rings. The van der Waals surface area contributed by atoms with Crippen molar-refractivity contribution in [2.75, 3.05) is 0 Å². The summed E-state index contributed by atoms with van der Waals surface area (Å²) in [6.45, 7) is 59.8. The predicted molar refractivity (Wildman–Crippen MR) is 603 cm³/mol. The summed E-state index contributed by atoms with van der Waals surface area (Å²) in [5.74, 6) is -14.2. The van der Waals surface area contributed by atoms with Crippen molar-refractivity contribution in [3.8, 4) is 56.3 Å². The van der Waals surface area contributed by atoms with Gasteiger partial charge in [-0.25, -0.2) is 24.2 Å². The first-order valence-corrected chi connectivity index (χ1v) is 47.8. The molecule has 0 spiro atoms. The van der Waals surface area contributed by atoms with E-state index in [0.29, 0.717) is 144 Å². The lowest BCUT2D eigenvalue weighted by atomic mass is 9.95. The fourth-order valence-electron chi connectivity index (χ4n) is 19.8. The molecule has 0 N–H and O–H groups in total. The van der Waals surface area contributed by atoms with E-state index in [1.54, 1.807) is 106 Å². The molecule has 736 valence electrons. The second-order valence-corrected chi connectivity index (χ2v) is 38.4. The molecule has 10 heterocycles. The third-order valence-corrected chi connectivity index (χ3v) is 27.9. The zero-order valence-electron chi connectivity index (χ0n) is 118. The maximum absolute atomic E-state index is 9.07. The van der Waals surface area contributed by atoms with Gasteiger partial charge in [0.2, 0.25) is 28.5 Å². The minimum Gasteiger partial charge on any atom is -0.456 e. The summed E-state index contributed by atoms with van der Waals surface area (Å²) < 4.78 is 289. The number of furan rings is 5. The molecule has 0 aliphatic carbocycles. The lowest BCUT2D eigenvalue weighted by molar-refractivity contribution is -0.666. The Bertz CT molecular complexity index is 10500. The highest BCUT2D eigenvalue weighted by Crippen LogP contribution is 2.51. The Morgan fingerprint density at radius 2 is 0.459 bits per heavy atom. The lowest BCUT2D eigenvalue weighted by Gasteiger charge is -2.11. The van der Waals surface area contributed by atoms with E-state index in [2.05, 4.69) is 40.9 Å². The number of pyridine rings is 5. The number of benzene rings is 10. The zero-order valence-corrected chi connectivity index (χ0v) is 87.5. The summed E-state index contributed by atoms with van der Waals surface area (Å²) in [5.41, 5.74) is 23.1. The van der Waals surface area contributed by atoms with Crippen LogP contribution in [0.2, 0.25) is 0 Å². The van der Waals surface area contributed by atoms with Crippen LogP contribution in [0.5, 0.6) is 0 Å². The molecule has 0 amide bonds. The number of nitrogens with zero attached hydrogens (tertiary/aromatic N) is 10. The van der Waals surface area contributed by atoms with Crippen LogP contribution in [0.25, 0.3) is 190 Å². The van der Waals surface area contributed by atoms with Crippen molar-refractivity contribution < 1.29 is 86.0 Å². The molecule has 0 radical (unpaired) electrons. The molecular weight excluding hydrogens is 1790 g/mol. The van der Waals surface area contributed by atoms with Crippen molar-refractivity contribution >= 4 is 138 Å². The second-order valence-electron chi connectivity index (χ2n) is 38.4. The molecule has 0 saturated heterocycles. The summed E-state index contributed by atoms with van der Waals surface area (Å²) in [7, 11) is 9.37. The molecule has 15 heteroatoms. The highest BCUT2D eigenvalue weighted by Gasteiger charge is 2.34. The van der Waals surface area contributed by atoms with Crippen molar-refractivity contribution in [2.24, 2.45) is 35.2 Å². The van der Waals surface area contributed by atoms with Crippen LogP contribution < -0.4 is 22.8 Å². The summed E-state index contributed by atoms with van der Waals surface area (Å²) >= 11 is 0. The fourth-order valence-corrected chi connectivity index (χ4v) is 19.8. The third-order valence-electron chi connectivity index (χ3n) is 27.9. The Balaban J connectivity index is 0.000000153. The minimum atomic E-state index is -2.72. The molecule has 0 aliphatic rings. The van der Waals surface area contributed by atoms with Gasteiger partial charge < -0.3 is 22.1 Å². The first-order valence-electron chi connectivity index (χ1n) is 62.8. The van der Waals surface area contributed by atoms with Crippen LogP contribution in [0.4, 0.5) is 28.4 Å². The van der Waals surface area contributed by atoms with Crippen LogP contribution in [0, 0.1) is 116 Å². The Morgan fingerprint density at radius 1 is 0.233 bits per heavy atom. The van der Waals surface area contributed by atoms with Crippen LogP contribution in [0.1, 0.15) is 311 Å². The number of aryl methyl sites for hydroxylation is 9. The fraction of sp³-hybridized carbons (Fsp3) is 0.313. The van der Waals surface area contributed by atoms with Gasteiger partial charge in [-0.15, -0.1) is 0 Å². The van der Waals surface area contributed by atoms with Crippen LogP contribution in [-0.2, 0) is 35.2 Å². The van der Waals surface area contributed by atoms with Crippen molar-refractivity contribution in [3.05, 3.63) is 351 Å². The van der Waals surface area contributed by atoms with E-state index in [0.717, 1.165) is 89.3 Å². The van der Waals surface area contributed by atoms with Gasteiger partial charge in [-0.3, -0.25) is 0 Å². The first kappa shape index (κ1) is 71.0. The molecule has 10 aromatic heterocycles.